The number of fused-ring (bicyclic) bond motifs is 1. The Bertz CT molecular complexity index is 694. The average Bonchev–Trinajstić information content (AvgIpc) is 2.78. The van der Waals surface area contributed by atoms with Gasteiger partial charge in [-0.15, -0.1) is 0 Å². The minimum absolute atomic E-state index is 0.233. The summed E-state index contributed by atoms with van der Waals surface area (Å²) < 4.78 is 0. The van der Waals surface area contributed by atoms with Gasteiger partial charge in [0.1, 0.15) is 11.9 Å². The fourth-order valence-corrected chi connectivity index (χ4v) is 1.57. The summed E-state index contributed by atoms with van der Waals surface area (Å²) in [4.78, 5) is 18.6. The van der Waals surface area contributed by atoms with Crippen LogP contribution in [0.1, 0.15) is 5.82 Å². The second-order valence-electron chi connectivity index (χ2n) is 3.82. The molecule has 1 amide bonds. The Kier molecular flexibility index (Phi) is 3.43. The number of hydrogen-bond donors (Lipinski definition) is 3. The SMILES string of the molecule is CNC(=O)C(C#N)=NNc1ccc2nc(C)[nH]c2c1. The largest absolute Gasteiger partial charge is 0.353 e. The van der Waals surface area contributed by atoms with E-state index in [1.54, 1.807) is 18.2 Å². The predicted molar refractivity (Wildman–Crippen MR) is 71.6 cm³/mol. The second-order valence-corrected chi connectivity index (χ2v) is 3.82. The standard InChI is InChI=1S/C12H12N6O/c1-7-15-9-4-3-8(5-10(9)16-7)17-18-11(6-13)12(19)14-2/h3-5,17H,1-2H3,(H,14,19)(H,15,16). The van der Waals surface area contributed by atoms with Crippen LogP contribution in [-0.2, 0) is 4.79 Å². The molecule has 3 N–H and O–H groups in total. The van der Waals surface area contributed by atoms with E-state index >= 15 is 0 Å². The molecule has 2 aromatic rings. The lowest BCUT2D eigenvalue weighted by Crippen LogP contribution is -2.27. The summed E-state index contributed by atoms with van der Waals surface area (Å²) in [6.07, 6.45) is 0. The number of aryl methyl sites for hydroxylation is 1. The van der Waals surface area contributed by atoms with Crippen molar-refractivity contribution in [3.63, 3.8) is 0 Å². The summed E-state index contributed by atoms with van der Waals surface area (Å²) in [5.74, 6) is 0.284. The topological polar surface area (TPSA) is 106 Å². The number of benzene rings is 1. The van der Waals surface area contributed by atoms with E-state index in [1.165, 1.54) is 7.05 Å². The van der Waals surface area contributed by atoms with E-state index in [0.717, 1.165) is 16.9 Å². The van der Waals surface area contributed by atoms with E-state index in [2.05, 4.69) is 25.8 Å². The lowest BCUT2D eigenvalue weighted by Gasteiger charge is -2.01. The first-order chi connectivity index (χ1) is 9.13. The summed E-state index contributed by atoms with van der Waals surface area (Å²) in [7, 11) is 1.44. The third kappa shape index (κ3) is 2.69. The van der Waals surface area contributed by atoms with Gasteiger partial charge in [-0.3, -0.25) is 10.2 Å². The lowest BCUT2D eigenvalue weighted by molar-refractivity contribution is -0.114. The van der Waals surface area contributed by atoms with Gasteiger partial charge in [-0.25, -0.2) is 4.98 Å². The zero-order valence-electron chi connectivity index (χ0n) is 10.5. The highest BCUT2D eigenvalue weighted by molar-refractivity contribution is 6.45. The number of hydrogen-bond acceptors (Lipinski definition) is 5. The molecular weight excluding hydrogens is 244 g/mol. The van der Waals surface area contributed by atoms with Crippen LogP contribution in [-0.4, -0.2) is 28.6 Å². The maximum atomic E-state index is 11.3. The first-order valence-corrected chi connectivity index (χ1v) is 5.56. The highest BCUT2D eigenvalue weighted by Gasteiger charge is 2.08. The quantitative estimate of drug-likeness (QED) is 0.560. The number of rotatable bonds is 3. The number of aromatic nitrogens is 2. The molecule has 96 valence electrons. The predicted octanol–water partition coefficient (Wildman–Crippen LogP) is 0.909. The second kappa shape index (κ2) is 5.18. The van der Waals surface area contributed by atoms with Crippen molar-refractivity contribution in [3.05, 3.63) is 24.0 Å². The highest BCUT2D eigenvalue weighted by atomic mass is 16.1. The van der Waals surface area contributed by atoms with Crippen molar-refractivity contribution >= 4 is 28.3 Å². The third-order valence-corrected chi connectivity index (χ3v) is 2.45. The number of amides is 1. The normalized spacial score (nSPS) is 11.1. The zero-order valence-corrected chi connectivity index (χ0v) is 10.5. The van der Waals surface area contributed by atoms with Gasteiger partial charge in [-0.1, -0.05) is 0 Å². The van der Waals surface area contributed by atoms with Gasteiger partial charge in [0.15, 0.2) is 0 Å². The van der Waals surface area contributed by atoms with Gasteiger partial charge in [-0.05, 0) is 25.1 Å². The molecule has 1 aromatic heterocycles. The number of nitrogens with zero attached hydrogens (tertiary/aromatic N) is 3. The van der Waals surface area contributed by atoms with Gasteiger partial charge < -0.3 is 10.3 Å². The number of imidazole rings is 1. The Morgan fingerprint density at radius 3 is 3.00 bits per heavy atom. The molecule has 2 rings (SSSR count). The van der Waals surface area contributed by atoms with Crippen LogP contribution in [0.4, 0.5) is 5.69 Å². The number of carbonyl (C=O) groups is 1. The average molecular weight is 256 g/mol. The van der Waals surface area contributed by atoms with Gasteiger partial charge in [-0.2, -0.15) is 10.4 Å². The van der Waals surface area contributed by atoms with Crippen LogP contribution in [0.5, 0.6) is 0 Å². The Hall–Kier alpha value is -2.88. The summed E-state index contributed by atoms with van der Waals surface area (Å²) in [5, 5.41) is 14.9. The molecule has 7 heteroatoms. The first kappa shape index (κ1) is 12.6. The van der Waals surface area contributed by atoms with Crippen molar-refractivity contribution in [1.29, 1.82) is 5.26 Å². The fourth-order valence-electron chi connectivity index (χ4n) is 1.57. The van der Waals surface area contributed by atoms with Crippen molar-refractivity contribution in [3.8, 4) is 6.07 Å². The maximum absolute atomic E-state index is 11.3. The van der Waals surface area contributed by atoms with E-state index in [9.17, 15) is 4.79 Å². The van der Waals surface area contributed by atoms with Crippen LogP contribution in [0.2, 0.25) is 0 Å². The van der Waals surface area contributed by atoms with Crippen LogP contribution in [0.15, 0.2) is 23.3 Å². The molecule has 0 bridgehead atoms. The number of anilines is 1. The highest BCUT2D eigenvalue weighted by Crippen LogP contribution is 2.16. The number of H-pyrrole nitrogens is 1. The fraction of sp³-hybridized carbons (Fsp3) is 0.167. The van der Waals surface area contributed by atoms with Crippen LogP contribution in [0.25, 0.3) is 11.0 Å². The molecule has 0 aliphatic rings. The molecule has 0 radical (unpaired) electrons. The number of nitrogens with one attached hydrogen (secondary N) is 3. The Morgan fingerprint density at radius 2 is 2.32 bits per heavy atom. The van der Waals surface area contributed by atoms with E-state index in [4.69, 9.17) is 5.26 Å². The summed E-state index contributed by atoms with van der Waals surface area (Å²) in [6.45, 7) is 1.87. The Morgan fingerprint density at radius 1 is 1.53 bits per heavy atom. The molecule has 1 aromatic carbocycles. The van der Waals surface area contributed by atoms with Crippen LogP contribution in [0, 0.1) is 18.3 Å². The van der Waals surface area contributed by atoms with E-state index in [1.807, 2.05) is 13.0 Å². The van der Waals surface area contributed by atoms with Crippen LogP contribution in [0.3, 0.4) is 0 Å². The number of aromatic amines is 1. The van der Waals surface area contributed by atoms with Crippen molar-refractivity contribution in [2.45, 2.75) is 6.92 Å². The molecule has 7 nitrogen and oxygen atoms in total. The molecule has 0 aliphatic heterocycles. The summed E-state index contributed by atoms with van der Waals surface area (Å²) in [6, 6.07) is 7.11. The van der Waals surface area contributed by atoms with Crippen LogP contribution >= 0.6 is 0 Å². The minimum Gasteiger partial charge on any atom is -0.353 e. The smallest absolute Gasteiger partial charge is 0.282 e. The van der Waals surface area contributed by atoms with Crippen LogP contribution < -0.4 is 10.7 Å². The maximum Gasteiger partial charge on any atom is 0.282 e. The summed E-state index contributed by atoms with van der Waals surface area (Å²) in [5.41, 5.74) is 4.80. The first-order valence-electron chi connectivity index (χ1n) is 5.56. The Labute approximate surface area is 109 Å². The number of nitriles is 1. The number of carbonyl (C=O) groups excluding carboxylic acids is 1. The molecule has 0 spiro atoms. The Balaban J connectivity index is 2.24. The molecule has 0 saturated heterocycles. The van der Waals surface area contributed by atoms with Gasteiger partial charge in [0.25, 0.3) is 5.91 Å². The lowest BCUT2D eigenvalue weighted by atomic mass is 10.3. The molecule has 0 aliphatic carbocycles. The van der Waals surface area contributed by atoms with E-state index < -0.39 is 5.91 Å². The number of hydrazone groups is 1. The molecular formula is C12H12N6O. The van der Waals surface area contributed by atoms with Gasteiger partial charge in [0.05, 0.1) is 16.7 Å². The molecule has 0 atom stereocenters. The van der Waals surface area contributed by atoms with Crippen molar-refractivity contribution < 1.29 is 4.79 Å². The van der Waals surface area contributed by atoms with Crippen molar-refractivity contribution in [2.75, 3.05) is 12.5 Å². The molecule has 19 heavy (non-hydrogen) atoms. The molecule has 0 fully saturated rings. The molecule has 0 saturated carbocycles. The van der Waals surface area contributed by atoms with Crippen molar-refractivity contribution in [1.82, 2.24) is 15.3 Å². The van der Waals surface area contributed by atoms with Gasteiger partial charge >= 0.3 is 0 Å². The van der Waals surface area contributed by atoms with E-state index in [-0.39, 0.29) is 5.71 Å². The third-order valence-electron chi connectivity index (χ3n) is 2.45. The van der Waals surface area contributed by atoms with Gasteiger partial charge in [0, 0.05) is 7.05 Å². The molecule has 1 heterocycles. The van der Waals surface area contributed by atoms with Crippen molar-refractivity contribution in [2.24, 2.45) is 5.10 Å². The van der Waals surface area contributed by atoms with Gasteiger partial charge in [0.2, 0.25) is 5.71 Å². The molecule has 0 unspecified atom stereocenters. The summed E-state index contributed by atoms with van der Waals surface area (Å²) >= 11 is 0. The minimum atomic E-state index is -0.534. The monoisotopic (exact) mass is 256 g/mol. The van der Waals surface area contributed by atoms with E-state index in [0.29, 0.717) is 5.69 Å². The zero-order chi connectivity index (χ0) is 13.8.